The van der Waals surface area contributed by atoms with Crippen molar-refractivity contribution in [3.05, 3.63) is 51.5 Å². The van der Waals surface area contributed by atoms with Crippen molar-refractivity contribution in [2.45, 2.75) is 58.5 Å². The number of aryl methyl sites for hydroxylation is 1. The van der Waals surface area contributed by atoms with Gasteiger partial charge >= 0.3 is 0 Å². The Kier molecular flexibility index (Phi) is 7.85. The average Bonchev–Trinajstić information content (AvgIpc) is 3.19. The second kappa shape index (κ2) is 10.6. The van der Waals surface area contributed by atoms with Gasteiger partial charge in [0.1, 0.15) is 12.4 Å². The normalized spacial score (nSPS) is 15.8. The lowest BCUT2D eigenvalue weighted by atomic mass is 10.1. The van der Waals surface area contributed by atoms with Crippen molar-refractivity contribution in [1.82, 2.24) is 19.8 Å². The topological polar surface area (TPSA) is 84.3 Å². The van der Waals surface area contributed by atoms with E-state index in [1.165, 1.54) is 17.6 Å². The zero-order valence-corrected chi connectivity index (χ0v) is 18.8. The van der Waals surface area contributed by atoms with Gasteiger partial charge < -0.3 is 10.2 Å². The van der Waals surface area contributed by atoms with Crippen molar-refractivity contribution < 1.29 is 9.59 Å². The molecular weight excluding hydrogens is 416 g/mol. The van der Waals surface area contributed by atoms with Crippen LogP contribution in [0.15, 0.2) is 35.1 Å². The van der Waals surface area contributed by atoms with Gasteiger partial charge in [-0.05, 0) is 25.0 Å². The maximum absolute atomic E-state index is 12.9. The molecule has 0 radical (unpaired) electrons. The van der Waals surface area contributed by atoms with Gasteiger partial charge in [-0.2, -0.15) is 0 Å². The molecule has 1 aliphatic rings. The number of nitrogens with one attached hydrogen (secondary N) is 1. The fraction of sp³-hybridized carbons (Fsp3) is 0.478. The molecule has 2 aromatic rings. The maximum atomic E-state index is 12.9. The Balaban J connectivity index is 1.79. The SMILES string of the molecule is CCCCCc1nc(-c2ccc(Cl)cc2)cc(=O)n1CC(=O)N[C@@H]1CCN(C(C)=O)C1. The monoisotopic (exact) mass is 444 g/mol. The van der Waals surface area contributed by atoms with Crippen molar-refractivity contribution in [2.75, 3.05) is 13.1 Å². The molecule has 2 amide bonds. The van der Waals surface area contributed by atoms with Gasteiger partial charge in [0.2, 0.25) is 11.8 Å². The van der Waals surface area contributed by atoms with Crippen molar-refractivity contribution in [3.63, 3.8) is 0 Å². The molecule has 2 heterocycles. The number of likely N-dealkylation sites (tertiary alicyclic amines) is 1. The predicted molar refractivity (Wildman–Crippen MR) is 121 cm³/mol. The summed E-state index contributed by atoms with van der Waals surface area (Å²) in [5.74, 6) is 0.376. The summed E-state index contributed by atoms with van der Waals surface area (Å²) in [4.78, 5) is 43.5. The molecule has 1 aromatic heterocycles. The maximum Gasteiger partial charge on any atom is 0.254 e. The Morgan fingerprint density at radius 1 is 1.23 bits per heavy atom. The highest BCUT2D eigenvalue weighted by molar-refractivity contribution is 6.30. The van der Waals surface area contributed by atoms with Crippen molar-refractivity contribution in [2.24, 2.45) is 0 Å². The van der Waals surface area contributed by atoms with Gasteiger partial charge in [-0.25, -0.2) is 4.98 Å². The molecule has 1 saturated heterocycles. The first-order valence-corrected chi connectivity index (χ1v) is 11.2. The van der Waals surface area contributed by atoms with Crippen molar-refractivity contribution in [1.29, 1.82) is 0 Å². The fourth-order valence-corrected chi connectivity index (χ4v) is 3.92. The molecule has 0 saturated carbocycles. The molecule has 0 unspecified atom stereocenters. The lowest BCUT2D eigenvalue weighted by Crippen LogP contribution is -2.41. The van der Waals surface area contributed by atoms with Crippen LogP contribution in [0, 0.1) is 0 Å². The smallest absolute Gasteiger partial charge is 0.254 e. The minimum Gasteiger partial charge on any atom is -0.350 e. The third kappa shape index (κ3) is 6.17. The summed E-state index contributed by atoms with van der Waals surface area (Å²) in [6.07, 6.45) is 4.31. The summed E-state index contributed by atoms with van der Waals surface area (Å²) >= 11 is 5.97. The summed E-state index contributed by atoms with van der Waals surface area (Å²) in [5, 5.41) is 3.57. The minimum atomic E-state index is -0.251. The second-order valence-corrected chi connectivity index (χ2v) is 8.40. The molecule has 1 fully saturated rings. The Morgan fingerprint density at radius 3 is 2.61 bits per heavy atom. The number of carbonyl (C=O) groups excluding carboxylic acids is 2. The second-order valence-electron chi connectivity index (χ2n) is 7.96. The highest BCUT2D eigenvalue weighted by Crippen LogP contribution is 2.19. The quantitative estimate of drug-likeness (QED) is 0.634. The number of amides is 2. The van der Waals surface area contributed by atoms with Crippen LogP contribution in [0.25, 0.3) is 11.3 Å². The summed E-state index contributed by atoms with van der Waals surface area (Å²) in [6, 6.07) is 8.57. The Hall–Kier alpha value is -2.67. The van der Waals surface area contributed by atoms with Crippen LogP contribution in [0.4, 0.5) is 0 Å². The largest absolute Gasteiger partial charge is 0.350 e. The molecule has 1 aliphatic heterocycles. The van der Waals surface area contributed by atoms with E-state index in [1.807, 2.05) is 12.1 Å². The lowest BCUT2D eigenvalue weighted by molar-refractivity contribution is -0.128. The first kappa shape index (κ1) is 23.0. The molecule has 8 heteroatoms. The van der Waals surface area contributed by atoms with E-state index in [0.29, 0.717) is 36.1 Å². The minimum absolute atomic E-state index is 0.00756. The van der Waals surface area contributed by atoms with Crippen LogP contribution in [0.5, 0.6) is 0 Å². The number of hydrogen-bond acceptors (Lipinski definition) is 4. The van der Waals surface area contributed by atoms with Gasteiger partial charge in [-0.15, -0.1) is 0 Å². The van der Waals surface area contributed by atoms with E-state index < -0.39 is 0 Å². The first-order chi connectivity index (χ1) is 14.9. The van der Waals surface area contributed by atoms with Crippen molar-refractivity contribution in [3.8, 4) is 11.3 Å². The van der Waals surface area contributed by atoms with E-state index >= 15 is 0 Å². The Bertz CT molecular complexity index is 987. The summed E-state index contributed by atoms with van der Waals surface area (Å²) in [7, 11) is 0. The highest BCUT2D eigenvalue weighted by atomic mass is 35.5. The van der Waals surface area contributed by atoms with E-state index in [1.54, 1.807) is 17.0 Å². The average molecular weight is 445 g/mol. The molecule has 1 atom stereocenters. The van der Waals surface area contributed by atoms with E-state index in [9.17, 15) is 14.4 Å². The van der Waals surface area contributed by atoms with Crippen molar-refractivity contribution >= 4 is 23.4 Å². The number of rotatable bonds is 8. The highest BCUT2D eigenvalue weighted by Gasteiger charge is 2.25. The third-order valence-electron chi connectivity index (χ3n) is 5.53. The summed E-state index contributed by atoms with van der Waals surface area (Å²) in [5.41, 5.74) is 1.14. The molecule has 1 aromatic carbocycles. The fourth-order valence-electron chi connectivity index (χ4n) is 3.80. The summed E-state index contributed by atoms with van der Waals surface area (Å²) < 4.78 is 1.46. The van der Waals surface area contributed by atoms with Gasteiger partial charge in [-0.1, -0.05) is 43.5 Å². The van der Waals surface area contributed by atoms with Gasteiger partial charge in [-0.3, -0.25) is 19.0 Å². The van der Waals surface area contributed by atoms with Gasteiger partial charge in [0.05, 0.1) is 5.69 Å². The van der Waals surface area contributed by atoms with Crippen LogP contribution in [0.2, 0.25) is 5.02 Å². The molecule has 166 valence electrons. The number of carbonyl (C=O) groups is 2. The molecule has 7 nitrogen and oxygen atoms in total. The molecule has 3 rings (SSSR count). The molecular formula is C23H29ClN4O3. The van der Waals surface area contributed by atoms with Crippen LogP contribution < -0.4 is 10.9 Å². The molecule has 0 bridgehead atoms. The predicted octanol–water partition coefficient (Wildman–Crippen LogP) is 3.03. The van der Waals surface area contributed by atoms with Gasteiger partial charge in [0.25, 0.3) is 5.56 Å². The van der Waals surface area contributed by atoms with E-state index in [2.05, 4.69) is 12.2 Å². The molecule has 31 heavy (non-hydrogen) atoms. The number of aromatic nitrogens is 2. The van der Waals surface area contributed by atoms with Crippen LogP contribution >= 0.6 is 11.6 Å². The van der Waals surface area contributed by atoms with Crippen LogP contribution in [0.3, 0.4) is 0 Å². The number of unbranched alkanes of at least 4 members (excludes halogenated alkanes) is 2. The molecule has 1 N–H and O–H groups in total. The van der Waals surface area contributed by atoms with E-state index in [0.717, 1.165) is 31.2 Å². The van der Waals surface area contributed by atoms with Gasteiger partial charge in [0, 0.05) is 49.1 Å². The third-order valence-corrected chi connectivity index (χ3v) is 5.78. The number of nitrogens with zero attached hydrogens (tertiary/aromatic N) is 3. The summed E-state index contributed by atoms with van der Waals surface area (Å²) in [6.45, 7) is 4.71. The zero-order chi connectivity index (χ0) is 22.4. The molecule has 0 spiro atoms. The van der Waals surface area contributed by atoms with Crippen LogP contribution in [0.1, 0.15) is 45.4 Å². The standard InChI is InChI=1S/C23H29ClN4O3/c1-3-4-5-6-21-26-20(17-7-9-18(24)10-8-17)13-23(31)28(21)15-22(30)25-19-11-12-27(14-19)16(2)29/h7-10,13,19H,3-6,11-12,14-15H2,1-2H3,(H,25,30)/t19-/m1/s1. The van der Waals surface area contributed by atoms with E-state index in [-0.39, 0.29) is 30.0 Å². The Morgan fingerprint density at radius 2 is 1.97 bits per heavy atom. The molecule has 0 aliphatic carbocycles. The number of hydrogen-bond donors (Lipinski definition) is 1. The van der Waals surface area contributed by atoms with Crippen LogP contribution in [-0.2, 0) is 22.6 Å². The lowest BCUT2D eigenvalue weighted by Gasteiger charge is -2.17. The Labute approximate surface area is 187 Å². The van der Waals surface area contributed by atoms with Crippen LogP contribution in [-0.4, -0.2) is 45.4 Å². The zero-order valence-electron chi connectivity index (χ0n) is 18.1. The van der Waals surface area contributed by atoms with Gasteiger partial charge in [0.15, 0.2) is 0 Å². The number of halogens is 1. The number of benzene rings is 1. The first-order valence-electron chi connectivity index (χ1n) is 10.8. The van der Waals surface area contributed by atoms with E-state index in [4.69, 9.17) is 16.6 Å².